The predicted octanol–water partition coefficient (Wildman–Crippen LogP) is 15.7. The third-order valence-electron chi connectivity index (χ3n) is 14.5. The molecule has 0 radical (unpaired) electrons. The Balaban J connectivity index is 2.64. The molecule has 1 saturated heterocycles. The number of hydrogen-bond acceptors (Lipinski definition) is 10. The third kappa shape index (κ3) is 43.1. The molecule has 11 nitrogen and oxygen atoms in total. The molecule has 458 valence electrons. The van der Waals surface area contributed by atoms with Crippen molar-refractivity contribution in [2.45, 2.75) is 301 Å². The number of aliphatic hydroxyl groups excluding tert-OH is 5. The van der Waals surface area contributed by atoms with Gasteiger partial charge in [-0.1, -0.05) is 265 Å². The lowest BCUT2D eigenvalue weighted by Gasteiger charge is -2.41. The number of rotatable bonds is 53. The zero-order valence-electron chi connectivity index (χ0n) is 50.7. The van der Waals surface area contributed by atoms with Gasteiger partial charge in [0.25, 0.3) is 0 Å². The van der Waals surface area contributed by atoms with E-state index in [0.717, 1.165) is 135 Å². The molecule has 1 aliphatic rings. The highest BCUT2D eigenvalue weighted by molar-refractivity contribution is 5.80. The van der Waals surface area contributed by atoms with Crippen LogP contribution in [0.15, 0.2) is 109 Å². The molecular formula is C69H117NO10. The first-order valence-corrected chi connectivity index (χ1v) is 32.2. The number of carbonyl (C=O) groups excluding carboxylic acids is 2. The highest BCUT2D eigenvalue weighted by atomic mass is 16.7. The van der Waals surface area contributed by atoms with Crippen molar-refractivity contribution in [3.63, 3.8) is 0 Å². The Bertz CT molecular complexity index is 1710. The van der Waals surface area contributed by atoms with Crippen LogP contribution in [0.5, 0.6) is 0 Å². The Morgan fingerprint density at radius 3 is 1.49 bits per heavy atom. The monoisotopic (exact) mass is 1120 g/mol. The minimum absolute atomic E-state index is 0.104. The SMILES string of the molecule is CC/C=C\C/C=C\C/C=C\C/C=C\C/C=C\CCCCCCCCCCC(O)C(=O)NC(COC1OC(CO)C(O)C(O)C1OC(=O)CCCCCCCCC/C=C/C=C/C=C/CC)C(O)/C=C/CCCCCCCCCCCC. The average Bonchev–Trinajstić information content (AvgIpc) is 3.46. The Morgan fingerprint density at radius 2 is 0.963 bits per heavy atom. The van der Waals surface area contributed by atoms with E-state index in [1.54, 1.807) is 6.08 Å². The minimum Gasteiger partial charge on any atom is -0.454 e. The Morgan fingerprint density at radius 1 is 0.512 bits per heavy atom. The molecule has 0 aromatic rings. The number of hydrogen-bond donors (Lipinski definition) is 6. The van der Waals surface area contributed by atoms with Crippen LogP contribution in [0.4, 0.5) is 0 Å². The van der Waals surface area contributed by atoms with E-state index in [2.05, 4.69) is 117 Å². The predicted molar refractivity (Wildman–Crippen MR) is 333 cm³/mol. The summed E-state index contributed by atoms with van der Waals surface area (Å²) in [5.74, 6) is -1.22. The van der Waals surface area contributed by atoms with Gasteiger partial charge in [0.15, 0.2) is 12.4 Å². The molecule has 0 aromatic heterocycles. The van der Waals surface area contributed by atoms with Crippen molar-refractivity contribution < 1.29 is 49.3 Å². The van der Waals surface area contributed by atoms with E-state index in [9.17, 15) is 35.1 Å². The molecule has 1 aliphatic heterocycles. The van der Waals surface area contributed by atoms with Gasteiger partial charge in [-0.05, 0) is 89.9 Å². The van der Waals surface area contributed by atoms with Gasteiger partial charge in [0.2, 0.25) is 5.91 Å². The number of esters is 1. The maximum Gasteiger partial charge on any atom is 0.306 e. The summed E-state index contributed by atoms with van der Waals surface area (Å²) in [6.07, 6.45) is 65.5. The van der Waals surface area contributed by atoms with Gasteiger partial charge in [0, 0.05) is 6.42 Å². The minimum atomic E-state index is -1.63. The fraction of sp³-hybridized carbons (Fsp3) is 0.710. The largest absolute Gasteiger partial charge is 0.454 e. The Hall–Kier alpha value is -3.68. The van der Waals surface area contributed by atoms with Crippen LogP contribution in [-0.4, -0.2) is 99.6 Å². The average molecular weight is 1120 g/mol. The van der Waals surface area contributed by atoms with Gasteiger partial charge in [0.05, 0.1) is 25.4 Å². The molecule has 1 heterocycles. The topological polar surface area (TPSA) is 175 Å². The summed E-state index contributed by atoms with van der Waals surface area (Å²) in [4.78, 5) is 26.6. The molecule has 11 heteroatoms. The highest BCUT2D eigenvalue weighted by Gasteiger charge is 2.47. The smallest absolute Gasteiger partial charge is 0.306 e. The summed E-state index contributed by atoms with van der Waals surface area (Å²) in [7, 11) is 0. The van der Waals surface area contributed by atoms with E-state index in [0.29, 0.717) is 12.8 Å². The van der Waals surface area contributed by atoms with Crippen molar-refractivity contribution in [2.24, 2.45) is 0 Å². The summed E-state index contributed by atoms with van der Waals surface area (Å²) in [6, 6.07) is -1.04. The second kappa shape index (κ2) is 55.8. The normalized spacial score (nSPS) is 19.5. The van der Waals surface area contributed by atoms with Crippen molar-refractivity contribution in [3.05, 3.63) is 109 Å². The van der Waals surface area contributed by atoms with E-state index >= 15 is 0 Å². The van der Waals surface area contributed by atoms with Gasteiger partial charge >= 0.3 is 5.97 Å². The van der Waals surface area contributed by atoms with Crippen LogP contribution in [0, 0.1) is 0 Å². The van der Waals surface area contributed by atoms with Crippen molar-refractivity contribution in [1.82, 2.24) is 5.32 Å². The van der Waals surface area contributed by atoms with E-state index in [-0.39, 0.29) is 19.4 Å². The number of aliphatic hydroxyl groups is 5. The molecule has 1 fully saturated rings. The van der Waals surface area contributed by atoms with Gasteiger partial charge in [-0.3, -0.25) is 9.59 Å². The molecule has 0 spiro atoms. The van der Waals surface area contributed by atoms with Crippen molar-refractivity contribution in [1.29, 1.82) is 0 Å². The third-order valence-corrected chi connectivity index (χ3v) is 14.5. The molecule has 0 aliphatic carbocycles. The second-order valence-corrected chi connectivity index (χ2v) is 21.8. The van der Waals surface area contributed by atoms with Crippen LogP contribution in [0.3, 0.4) is 0 Å². The zero-order valence-corrected chi connectivity index (χ0v) is 50.7. The summed E-state index contributed by atoms with van der Waals surface area (Å²) < 4.78 is 17.6. The van der Waals surface area contributed by atoms with Gasteiger partial charge in [-0.15, -0.1) is 0 Å². The summed E-state index contributed by atoms with van der Waals surface area (Å²) >= 11 is 0. The van der Waals surface area contributed by atoms with Crippen molar-refractivity contribution >= 4 is 11.9 Å². The van der Waals surface area contributed by atoms with Crippen LogP contribution in [-0.2, 0) is 23.8 Å². The van der Waals surface area contributed by atoms with E-state index in [4.69, 9.17) is 14.2 Å². The maximum absolute atomic E-state index is 13.5. The number of allylic oxidation sites excluding steroid dienone is 17. The second-order valence-electron chi connectivity index (χ2n) is 21.8. The molecule has 8 unspecified atom stereocenters. The molecule has 0 bridgehead atoms. The van der Waals surface area contributed by atoms with Crippen LogP contribution in [0.1, 0.15) is 252 Å². The van der Waals surface area contributed by atoms with Gasteiger partial charge in [0.1, 0.15) is 24.4 Å². The summed E-state index contributed by atoms with van der Waals surface area (Å²) in [5, 5.41) is 57.0. The first-order valence-electron chi connectivity index (χ1n) is 32.2. The molecule has 6 N–H and O–H groups in total. The molecule has 1 amide bonds. The quantitative estimate of drug-likeness (QED) is 0.0149. The van der Waals surface area contributed by atoms with Crippen molar-refractivity contribution in [2.75, 3.05) is 13.2 Å². The highest BCUT2D eigenvalue weighted by Crippen LogP contribution is 2.26. The van der Waals surface area contributed by atoms with Gasteiger partial charge < -0.3 is 45.1 Å². The maximum atomic E-state index is 13.5. The van der Waals surface area contributed by atoms with Gasteiger partial charge in [-0.2, -0.15) is 0 Å². The Kier molecular flexibility index (Phi) is 51.9. The summed E-state index contributed by atoms with van der Waals surface area (Å²) in [6.45, 7) is 5.53. The van der Waals surface area contributed by atoms with Crippen LogP contribution in [0.2, 0.25) is 0 Å². The molecule has 8 atom stereocenters. The van der Waals surface area contributed by atoms with Crippen molar-refractivity contribution in [3.8, 4) is 0 Å². The molecule has 0 aromatic carbocycles. The number of carbonyl (C=O) groups is 2. The fourth-order valence-electron chi connectivity index (χ4n) is 9.44. The molecule has 80 heavy (non-hydrogen) atoms. The molecule has 1 rings (SSSR count). The zero-order chi connectivity index (χ0) is 58.2. The number of amides is 1. The van der Waals surface area contributed by atoms with E-state index < -0.39 is 67.4 Å². The van der Waals surface area contributed by atoms with Gasteiger partial charge in [-0.25, -0.2) is 0 Å². The first-order chi connectivity index (χ1) is 39.2. The first kappa shape index (κ1) is 74.3. The van der Waals surface area contributed by atoms with E-state index in [1.807, 2.05) is 12.2 Å². The Labute approximate surface area is 488 Å². The van der Waals surface area contributed by atoms with Crippen LogP contribution >= 0.6 is 0 Å². The standard InChI is InChI=1S/C69H117NO10/c1-4-7-10-13-16-19-22-25-27-28-29-30-31-32-33-34-35-37-38-41-44-47-50-53-56-62(73)68(77)70-60(61(72)55-52-49-46-43-40-24-21-18-15-12-9-6-3)59-78-69-67(66(76)65(75)63(58-71)79-69)80-64(74)57-54-51-48-45-42-39-36-26-23-20-17-14-11-8-5-2/h7-8,10-11,14,16-17,19-20,23,25,27,29-30,32-33,52,55,60-63,65-67,69,71-73,75-76H,4-6,9,12-13,15,18,21-22,24,26,28,31,34-51,53-54,56-59H2,1-3H3,(H,70,77)/b10-7-,11-8+,17-14+,19-16-,23-20+,27-25-,30-29-,33-32-,55-52+. The van der Waals surface area contributed by atoms with Crippen LogP contribution in [0.25, 0.3) is 0 Å². The summed E-state index contributed by atoms with van der Waals surface area (Å²) in [5.41, 5.74) is 0. The lowest BCUT2D eigenvalue weighted by Crippen LogP contribution is -2.61. The number of unbranched alkanes of at least 4 members (excludes halogenated alkanes) is 25. The fourth-order valence-corrected chi connectivity index (χ4v) is 9.44. The van der Waals surface area contributed by atoms with Crippen LogP contribution < -0.4 is 5.32 Å². The molecular weight excluding hydrogens is 1000 g/mol. The number of ether oxygens (including phenoxy) is 3. The lowest BCUT2D eigenvalue weighted by atomic mass is 9.99. The van der Waals surface area contributed by atoms with E-state index in [1.165, 1.54) is 70.6 Å². The lowest BCUT2D eigenvalue weighted by molar-refractivity contribution is -0.305. The number of nitrogens with one attached hydrogen (secondary N) is 1. The molecule has 0 saturated carbocycles.